The first-order valence-corrected chi connectivity index (χ1v) is 6.43. The Labute approximate surface area is 114 Å². The molecule has 0 aliphatic rings. The number of alkyl halides is 1. The Kier molecular flexibility index (Phi) is 6.08. The minimum atomic E-state index is -0.216. The summed E-state index contributed by atoms with van der Waals surface area (Å²) in [5, 5.41) is 3.90. The van der Waals surface area contributed by atoms with Crippen molar-refractivity contribution in [3.05, 3.63) is 34.9 Å². The molecule has 0 fully saturated rings. The fraction of sp³-hybridized carbons (Fsp3) is 0.364. The number of nitrogens with one attached hydrogen (secondary N) is 1. The van der Waals surface area contributed by atoms with Crippen LogP contribution in [0.5, 0.6) is 0 Å². The third-order valence-electron chi connectivity index (χ3n) is 2.05. The molecule has 3 nitrogen and oxygen atoms in total. The van der Waals surface area contributed by atoms with Crippen LogP contribution in [-0.2, 0) is 16.1 Å². The van der Waals surface area contributed by atoms with Gasteiger partial charge in [0, 0.05) is 18.1 Å². The Morgan fingerprint density at radius 2 is 2.25 bits per heavy atom. The van der Waals surface area contributed by atoms with Gasteiger partial charge in [-0.1, -0.05) is 52.4 Å². The number of benzene rings is 1. The molecule has 0 radical (unpaired) electrons. The fourth-order valence-electron chi connectivity index (χ4n) is 1.19. The van der Waals surface area contributed by atoms with Gasteiger partial charge in [0.2, 0.25) is 0 Å². The minimum absolute atomic E-state index is 0.176. The van der Waals surface area contributed by atoms with E-state index < -0.39 is 0 Å². The zero-order chi connectivity index (χ0) is 12.0. The molecule has 0 aliphatic heterocycles. The summed E-state index contributed by atoms with van der Waals surface area (Å²) in [7, 11) is 1.39. The molecule has 0 aliphatic carbocycles. The van der Waals surface area contributed by atoms with Crippen LogP contribution in [0.1, 0.15) is 5.56 Å². The van der Waals surface area contributed by atoms with Crippen molar-refractivity contribution in [3.8, 4) is 0 Å². The van der Waals surface area contributed by atoms with Crippen molar-refractivity contribution in [1.82, 2.24) is 5.32 Å². The van der Waals surface area contributed by atoms with Gasteiger partial charge in [-0.2, -0.15) is 0 Å². The predicted octanol–water partition coefficient (Wildman–Crippen LogP) is 2.41. The van der Waals surface area contributed by atoms with Crippen LogP contribution in [0, 0.1) is 0 Å². The van der Waals surface area contributed by atoms with Gasteiger partial charge < -0.3 is 10.1 Å². The van der Waals surface area contributed by atoms with Crippen LogP contribution >= 0.6 is 34.2 Å². The van der Waals surface area contributed by atoms with Gasteiger partial charge in [-0.05, 0) is 11.6 Å². The highest BCUT2D eigenvalue weighted by atomic mass is 127. The van der Waals surface area contributed by atoms with E-state index in [1.54, 1.807) is 0 Å². The maximum absolute atomic E-state index is 11.1. The average Bonchev–Trinajstić information content (AvgIpc) is 2.30. The van der Waals surface area contributed by atoms with E-state index in [2.05, 4.69) is 10.1 Å². The molecule has 5 heteroatoms. The van der Waals surface area contributed by atoms with Gasteiger partial charge in [-0.3, -0.25) is 4.79 Å². The Bertz CT molecular complexity index is 360. The summed E-state index contributed by atoms with van der Waals surface area (Å²) in [6.07, 6.45) is 0. The number of esters is 1. The van der Waals surface area contributed by atoms with Gasteiger partial charge in [-0.15, -0.1) is 0 Å². The summed E-state index contributed by atoms with van der Waals surface area (Å²) < 4.78 is 4.45. The zero-order valence-electron chi connectivity index (χ0n) is 8.87. The largest absolute Gasteiger partial charge is 0.468 e. The first-order chi connectivity index (χ1) is 7.65. The van der Waals surface area contributed by atoms with E-state index in [1.165, 1.54) is 7.11 Å². The molecule has 1 atom stereocenters. The summed E-state index contributed by atoms with van der Waals surface area (Å²) in [5.41, 5.74) is 1.03. The lowest BCUT2D eigenvalue weighted by Crippen LogP contribution is -2.29. The van der Waals surface area contributed by atoms with Gasteiger partial charge >= 0.3 is 5.97 Å². The number of hydrogen-bond acceptors (Lipinski definition) is 3. The van der Waals surface area contributed by atoms with Gasteiger partial charge in [0.05, 0.1) is 7.11 Å². The Balaban J connectivity index is 2.36. The SMILES string of the molecule is COC(=O)C(I)CNCc1ccccc1Cl. The molecule has 1 N–H and O–H groups in total. The second-order valence-corrected chi connectivity index (χ2v) is 5.12. The zero-order valence-corrected chi connectivity index (χ0v) is 11.8. The Morgan fingerprint density at radius 3 is 2.88 bits per heavy atom. The van der Waals surface area contributed by atoms with Crippen LogP contribution in [0.4, 0.5) is 0 Å². The molecular weight excluding hydrogens is 340 g/mol. The summed E-state index contributed by atoms with van der Waals surface area (Å²) in [6, 6.07) is 7.63. The lowest BCUT2D eigenvalue weighted by Gasteiger charge is -2.09. The van der Waals surface area contributed by atoms with Crippen LogP contribution in [0.15, 0.2) is 24.3 Å². The normalized spacial score (nSPS) is 12.2. The van der Waals surface area contributed by atoms with Gasteiger partial charge in [0.25, 0.3) is 0 Å². The lowest BCUT2D eigenvalue weighted by molar-refractivity contribution is -0.139. The van der Waals surface area contributed by atoms with Crippen LogP contribution in [0.3, 0.4) is 0 Å². The number of ether oxygens (including phenoxy) is 1. The molecule has 1 unspecified atom stereocenters. The van der Waals surface area contributed by atoms with E-state index in [9.17, 15) is 4.79 Å². The number of carbonyl (C=O) groups is 1. The van der Waals surface area contributed by atoms with Crippen molar-refractivity contribution in [3.63, 3.8) is 0 Å². The first kappa shape index (κ1) is 13.7. The maximum Gasteiger partial charge on any atom is 0.319 e. The standard InChI is InChI=1S/C11H13ClINO2/c1-16-11(15)10(13)7-14-6-8-4-2-3-5-9(8)12/h2-5,10,14H,6-7H2,1H3. The minimum Gasteiger partial charge on any atom is -0.468 e. The fourth-order valence-corrected chi connectivity index (χ4v) is 1.95. The van der Waals surface area contributed by atoms with Crippen LogP contribution < -0.4 is 5.32 Å². The van der Waals surface area contributed by atoms with Crippen LogP contribution in [-0.4, -0.2) is 23.5 Å². The number of methoxy groups -OCH3 is 1. The van der Waals surface area contributed by atoms with E-state index in [1.807, 2.05) is 46.9 Å². The van der Waals surface area contributed by atoms with Crippen molar-refractivity contribution in [2.75, 3.05) is 13.7 Å². The molecular formula is C11H13ClINO2. The highest BCUT2D eigenvalue weighted by molar-refractivity contribution is 14.1. The molecule has 0 amide bonds. The quantitative estimate of drug-likeness (QED) is 0.502. The van der Waals surface area contributed by atoms with Crippen LogP contribution in [0.2, 0.25) is 5.02 Å². The molecule has 0 bridgehead atoms. The topological polar surface area (TPSA) is 38.3 Å². The van der Waals surface area contributed by atoms with Crippen LogP contribution in [0.25, 0.3) is 0 Å². The number of halogens is 2. The number of carbonyl (C=O) groups excluding carboxylic acids is 1. The molecule has 1 aromatic rings. The molecule has 0 saturated heterocycles. The third-order valence-corrected chi connectivity index (χ3v) is 3.37. The van der Waals surface area contributed by atoms with Crippen molar-refractivity contribution < 1.29 is 9.53 Å². The molecule has 1 rings (SSSR count). The van der Waals surface area contributed by atoms with E-state index in [0.29, 0.717) is 13.1 Å². The summed E-state index contributed by atoms with van der Waals surface area (Å²) in [4.78, 5) is 11.1. The van der Waals surface area contributed by atoms with Gasteiger partial charge in [0.1, 0.15) is 3.92 Å². The first-order valence-electron chi connectivity index (χ1n) is 4.81. The monoisotopic (exact) mass is 353 g/mol. The van der Waals surface area contributed by atoms with Gasteiger partial charge in [0.15, 0.2) is 0 Å². The molecule has 0 aromatic heterocycles. The predicted molar refractivity (Wildman–Crippen MR) is 73.0 cm³/mol. The number of rotatable bonds is 5. The second-order valence-electron chi connectivity index (χ2n) is 3.21. The van der Waals surface area contributed by atoms with Crippen molar-refractivity contribution in [2.45, 2.75) is 10.5 Å². The lowest BCUT2D eigenvalue weighted by atomic mass is 10.2. The molecule has 0 saturated carbocycles. The van der Waals surface area contributed by atoms with E-state index >= 15 is 0 Å². The van der Waals surface area contributed by atoms with E-state index in [0.717, 1.165) is 10.6 Å². The summed E-state index contributed by atoms with van der Waals surface area (Å²) >= 11 is 8.04. The highest BCUT2D eigenvalue weighted by Gasteiger charge is 2.13. The second kappa shape index (κ2) is 7.09. The summed E-state index contributed by atoms with van der Waals surface area (Å²) in [5.74, 6) is -0.216. The van der Waals surface area contributed by atoms with Gasteiger partial charge in [-0.25, -0.2) is 0 Å². The van der Waals surface area contributed by atoms with E-state index in [-0.39, 0.29) is 9.89 Å². The highest BCUT2D eigenvalue weighted by Crippen LogP contribution is 2.14. The summed E-state index contributed by atoms with van der Waals surface area (Å²) in [6.45, 7) is 1.22. The molecule has 1 aromatic carbocycles. The molecule has 88 valence electrons. The third kappa shape index (κ3) is 4.27. The molecule has 0 spiro atoms. The Hall–Kier alpha value is -0.330. The molecule has 0 heterocycles. The number of hydrogen-bond donors (Lipinski definition) is 1. The van der Waals surface area contributed by atoms with Crippen molar-refractivity contribution in [1.29, 1.82) is 0 Å². The van der Waals surface area contributed by atoms with Crippen molar-refractivity contribution in [2.24, 2.45) is 0 Å². The smallest absolute Gasteiger partial charge is 0.319 e. The Morgan fingerprint density at radius 1 is 1.56 bits per heavy atom. The maximum atomic E-state index is 11.1. The molecule has 16 heavy (non-hydrogen) atoms. The van der Waals surface area contributed by atoms with Crippen molar-refractivity contribution >= 4 is 40.2 Å². The average molecular weight is 354 g/mol. The van der Waals surface area contributed by atoms with E-state index in [4.69, 9.17) is 11.6 Å².